The second-order valence-corrected chi connectivity index (χ2v) is 6.04. The molecule has 1 N–H and O–H groups in total. The van der Waals surface area contributed by atoms with Gasteiger partial charge in [0.2, 0.25) is 0 Å². The van der Waals surface area contributed by atoms with Crippen molar-refractivity contribution in [1.82, 2.24) is 4.98 Å². The average molecular weight is 280 g/mol. The lowest BCUT2D eigenvalue weighted by Crippen LogP contribution is -2.09. The van der Waals surface area contributed by atoms with E-state index in [0.29, 0.717) is 12.0 Å². The minimum absolute atomic E-state index is 0.196. The maximum absolute atomic E-state index is 12.5. The number of hydrogen-bond acceptors (Lipinski definition) is 2. The maximum atomic E-state index is 12.5. The van der Waals surface area contributed by atoms with Gasteiger partial charge in [-0.15, -0.1) is 0 Å². The van der Waals surface area contributed by atoms with Gasteiger partial charge >= 0.3 is 0 Å². The maximum Gasteiger partial charge on any atom is 0.165 e. The van der Waals surface area contributed by atoms with Crippen LogP contribution in [0.5, 0.6) is 0 Å². The first-order valence-electron chi connectivity index (χ1n) is 7.82. The highest BCUT2D eigenvalue weighted by Crippen LogP contribution is 2.28. The summed E-state index contributed by atoms with van der Waals surface area (Å²) in [5.74, 6) is 0.921. The normalized spacial score (nSPS) is 16.0. The lowest BCUT2D eigenvalue weighted by molar-refractivity contribution is 0.0972. The molecule has 1 aromatic heterocycles. The Kier molecular flexibility index (Phi) is 4.06. The summed E-state index contributed by atoms with van der Waals surface area (Å²) in [6, 6.07) is 7.58. The summed E-state index contributed by atoms with van der Waals surface area (Å²) in [6.07, 6.45) is 9.95. The Bertz CT molecular complexity index is 687. The molecule has 3 nitrogen and oxygen atoms in total. The van der Waals surface area contributed by atoms with Gasteiger partial charge in [0.25, 0.3) is 0 Å². The van der Waals surface area contributed by atoms with Crippen molar-refractivity contribution < 1.29 is 4.79 Å². The van der Waals surface area contributed by atoms with Crippen molar-refractivity contribution in [3.8, 4) is 6.07 Å². The molecule has 0 aliphatic heterocycles. The second-order valence-electron chi connectivity index (χ2n) is 6.04. The van der Waals surface area contributed by atoms with Gasteiger partial charge in [0.05, 0.1) is 11.6 Å². The predicted molar refractivity (Wildman–Crippen MR) is 83.2 cm³/mol. The van der Waals surface area contributed by atoms with Crippen LogP contribution < -0.4 is 0 Å². The third-order valence-corrected chi connectivity index (χ3v) is 4.62. The Morgan fingerprint density at radius 2 is 2.10 bits per heavy atom. The van der Waals surface area contributed by atoms with Crippen LogP contribution in [0.3, 0.4) is 0 Å². The van der Waals surface area contributed by atoms with Gasteiger partial charge in [-0.05, 0) is 30.5 Å². The monoisotopic (exact) mass is 280 g/mol. The van der Waals surface area contributed by atoms with Gasteiger partial charge < -0.3 is 4.98 Å². The number of hydrogen-bond donors (Lipinski definition) is 1. The highest BCUT2D eigenvalue weighted by atomic mass is 16.1. The number of nitrogens with one attached hydrogen (secondary N) is 1. The molecule has 2 aromatic rings. The molecule has 0 unspecified atom stereocenters. The van der Waals surface area contributed by atoms with Crippen LogP contribution >= 0.6 is 0 Å². The van der Waals surface area contributed by atoms with Crippen molar-refractivity contribution in [3.05, 3.63) is 35.5 Å². The van der Waals surface area contributed by atoms with Crippen molar-refractivity contribution in [2.24, 2.45) is 5.92 Å². The molecule has 0 saturated heterocycles. The second kappa shape index (κ2) is 6.13. The molecule has 1 saturated carbocycles. The highest BCUT2D eigenvalue weighted by molar-refractivity contribution is 6.08. The number of nitriles is 1. The fourth-order valence-electron chi connectivity index (χ4n) is 3.37. The number of aromatic nitrogens is 1. The van der Waals surface area contributed by atoms with Gasteiger partial charge in [-0.1, -0.05) is 32.1 Å². The van der Waals surface area contributed by atoms with E-state index in [1.807, 2.05) is 6.07 Å². The molecule has 108 valence electrons. The topological polar surface area (TPSA) is 56.6 Å². The lowest BCUT2D eigenvalue weighted by Gasteiger charge is -2.20. The zero-order valence-corrected chi connectivity index (χ0v) is 12.2. The number of carbonyl (C=O) groups excluding carboxylic acids is 1. The molecule has 0 bridgehead atoms. The number of ketones is 1. The minimum Gasteiger partial charge on any atom is -0.360 e. The van der Waals surface area contributed by atoms with Crippen molar-refractivity contribution in [1.29, 1.82) is 5.26 Å². The van der Waals surface area contributed by atoms with Gasteiger partial charge in [-0.2, -0.15) is 5.26 Å². The molecule has 0 amide bonds. The van der Waals surface area contributed by atoms with Gasteiger partial charge in [-0.3, -0.25) is 4.79 Å². The van der Waals surface area contributed by atoms with Crippen LogP contribution in [-0.2, 0) is 0 Å². The van der Waals surface area contributed by atoms with Gasteiger partial charge in [0.1, 0.15) is 0 Å². The van der Waals surface area contributed by atoms with Crippen LogP contribution in [0.4, 0.5) is 0 Å². The molecule has 0 spiro atoms. The summed E-state index contributed by atoms with van der Waals surface area (Å²) in [5.41, 5.74) is 2.26. The summed E-state index contributed by atoms with van der Waals surface area (Å²) in [4.78, 5) is 15.6. The van der Waals surface area contributed by atoms with E-state index in [1.54, 1.807) is 18.3 Å². The molecular formula is C18H20N2O. The Morgan fingerprint density at radius 3 is 2.86 bits per heavy atom. The number of benzene rings is 1. The van der Waals surface area contributed by atoms with E-state index < -0.39 is 0 Å². The molecule has 1 aliphatic carbocycles. The zero-order chi connectivity index (χ0) is 14.7. The minimum atomic E-state index is 0.196. The number of carbonyl (C=O) groups is 1. The van der Waals surface area contributed by atoms with Gasteiger partial charge in [-0.25, -0.2) is 0 Å². The standard InChI is InChI=1S/C18H20N2O/c19-11-14-6-8-17-15(10-14)16(12-20-17)18(21)9-7-13-4-2-1-3-5-13/h6,8,10,12-13,20H,1-5,7,9H2. The van der Waals surface area contributed by atoms with Crippen LogP contribution in [0, 0.1) is 17.2 Å². The third kappa shape index (κ3) is 3.00. The van der Waals surface area contributed by atoms with E-state index in [4.69, 9.17) is 5.26 Å². The molecule has 1 aliphatic rings. The fourth-order valence-corrected chi connectivity index (χ4v) is 3.37. The summed E-state index contributed by atoms with van der Waals surface area (Å²) >= 11 is 0. The van der Waals surface area contributed by atoms with E-state index >= 15 is 0 Å². The van der Waals surface area contributed by atoms with Crippen molar-refractivity contribution in [2.45, 2.75) is 44.9 Å². The van der Waals surface area contributed by atoms with Crippen molar-refractivity contribution in [2.75, 3.05) is 0 Å². The predicted octanol–water partition coefficient (Wildman–Crippen LogP) is 4.58. The molecule has 1 aromatic carbocycles. The largest absolute Gasteiger partial charge is 0.360 e. The first kappa shape index (κ1) is 13.9. The van der Waals surface area contributed by atoms with E-state index in [9.17, 15) is 4.79 Å². The Hall–Kier alpha value is -2.08. The van der Waals surface area contributed by atoms with Crippen LogP contribution in [0.1, 0.15) is 60.9 Å². The van der Waals surface area contributed by atoms with Crippen molar-refractivity contribution in [3.63, 3.8) is 0 Å². The lowest BCUT2D eigenvalue weighted by atomic mass is 9.85. The number of Topliss-reactive ketones (excluding diaryl/α,β-unsaturated/α-hetero) is 1. The van der Waals surface area contributed by atoms with Crippen LogP contribution in [0.15, 0.2) is 24.4 Å². The van der Waals surface area contributed by atoms with Gasteiger partial charge in [0, 0.05) is 29.1 Å². The van der Waals surface area contributed by atoms with Crippen molar-refractivity contribution >= 4 is 16.7 Å². The third-order valence-electron chi connectivity index (χ3n) is 4.62. The van der Waals surface area contributed by atoms with E-state index in [2.05, 4.69) is 11.1 Å². The summed E-state index contributed by atoms with van der Waals surface area (Å²) in [7, 11) is 0. The zero-order valence-electron chi connectivity index (χ0n) is 12.2. The number of aromatic amines is 1. The summed E-state index contributed by atoms with van der Waals surface area (Å²) < 4.78 is 0. The smallest absolute Gasteiger partial charge is 0.165 e. The molecule has 3 heteroatoms. The Morgan fingerprint density at radius 1 is 1.29 bits per heavy atom. The summed E-state index contributed by atoms with van der Waals surface area (Å²) in [5, 5.41) is 9.87. The molecule has 21 heavy (non-hydrogen) atoms. The Labute approximate surface area is 125 Å². The average Bonchev–Trinajstić information content (AvgIpc) is 2.96. The van der Waals surface area contributed by atoms with E-state index in [-0.39, 0.29) is 5.78 Å². The highest BCUT2D eigenvalue weighted by Gasteiger charge is 2.17. The number of rotatable bonds is 4. The molecular weight excluding hydrogens is 260 g/mol. The van der Waals surface area contributed by atoms with Crippen LogP contribution in [-0.4, -0.2) is 10.8 Å². The van der Waals surface area contributed by atoms with Crippen LogP contribution in [0.2, 0.25) is 0 Å². The van der Waals surface area contributed by atoms with E-state index in [0.717, 1.165) is 28.8 Å². The SMILES string of the molecule is N#Cc1ccc2[nH]cc(C(=O)CCC3CCCCC3)c2c1. The Balaban J connectivity index is 1.73. The first-order chi connectivity index (χ1) is 10.3. The number of fused-ring (bicyclic) bond motifs is 1. The van der Waals surface area contributed by atoms with E-state index in [1.165, 1.54) is 32.1 Å². The van der Waals surface area contributed by atoms with Crippen LogP contribution in [0.25, 0.3) is 10.9 Å². The van der Waals surface area contributed by atoms with Gasteiger partial charge in [0.15, 0.2) is 5.78 Å². The molecule has 0 radical (unpaired) electrons. The number of H-pyrrole nitrogens is 1. The number of nitrogens with zero attached hydrogens (tertiary/aromatic N) is 1. The fraction of sp³-hybridized carbons (Fsp3) is 0.444. The molecule has 1 fully saturated rings. The quantitative estimate of drug-likeness (QED) is 0.833. The molecule has 0 atom stereocenters. The molecule has 3 rings (SSSR count). The first-order valence-corrected chi connectivity index (χ1v) is 7.82. The molecule has 1 heterocycles. The summed E-state index contributed by atoms with van der Waals surface area (Å²) in [6.45, 7) is 0.